The Bertz CT molecular complexity index is 495. The molecule has 4 nitrogen and oxygen atoms in total. The van der Waals surface area contributed by atoms with E-state index in [1.807, 2.05) is 49.3 Å². The lowest BCUT2D eigenvalue weighted by molar-refractivity contribution is 0.111. The van der Waals surface area contributed by atoms with Gasteiger partial charge in [0.15, 0.2) is 12.0 Å². The van der Waals surface area contributed by atoms with E-state index >= 15 is 0 Å². The predicted octanol–water partition coefficient (Wildman–Crippen LogP) is 5.35. The molecule has 0 amide bonds. The summed E-state index contributed by atoms with van der Waals surface area (Å²) in [6.07, 6.45) is 3.17. The zero-order valence-corrected chi connectivity index (χ0v) is 16.5. The summed E-state index contributed by atoms with van der Waals surface area (Å²) < 4.78 is 16.8. The molecule has 0 radical (unpaired) electrons. The van der Waals surface area contributed by atoms with Crippen LogP contribution in [0.4, 0.5) is 0 Å². The highest BCUT2D eigenvalue weighted by molar-refractivity contribution is 14.2. The second kappa shape index (κ2) is 8.18. The normalized spacial score (nSPS) is 13.9. The summed E-state index contributed by atoms with van der Waals surface area (Å²) >= 11 is 4.06. The Morgan fingerprint density at radius 3 is 2.50 bits per heavy atom. The maximum Gasteiger partial charge on any atom is 0.157 e. The molecule has 1 aromatic rings. The molecular formula is C12H12I2O4S2. The van der Waals surface area contributed by atoms with Crippen LogP contribution in [-0.2, 0) is 0 Å². The van der Waals surface area contributed by atoms with Crippen LogP contribution in [0.3, 0.4) is 0 Å². The molecule has 0 aliphatic heterocycles. The zero-order valence-electron chi connectivity index (χ0n) is 10.6. The molecule has 0 unspecified atom stereocenters. The number of benzene rings is 1. The molecule has 0 N–H and O–H groups in total. The van der Waals surface area contributed by atoms with Crippen LogP contribution in [0.2, 0.25) is 0 Å². The first kappa shape index (κ1) is 16.8. The Morgan fingerprint density at radius 2 is 1.95 bits per heavy atom. The van der Waals surface area contributed by atoms with Gasteiger partial charge in [0.25, 0.3) is 0 Å². The van der Waals surface area contributed by atoms with E-state index < -0.39 is 0 Å². The molecule has 20 heavy (non-hydrogen) atoms. The van der Waals surface area contributed by atoms with Gasteiger partial charge >= 0.3 is 0 Å². The monoisotopic (exact) mass is 538 g/mol. The van der Waals surface area contributed by atoms with Crippen molar-refractivity contribution >= 4 is 67.1 Å². The molecule has 1 aliphatic rings. The zero-order chi connectivity index (χ0) is 14.5. The van der Waals surface area contributed by atoms with Gasteiger partial charge < -0.3 is 13.1 Å². The van der Waals surface area contributed by atoms with Gasteiger partial charge in [-0.2, -0.15) is 0 Å². The quantitative estimate of drug-likeness (QED) is 0.253. The van der Waals surface area contributed by atoms with Gasteiger partial charge in [-0.1, -0.05) is 0 Å². The molecule has 1 aliphatic carbocycles. The lowest BCUT2D eigenvalue weighted by Gasteiger charge is -2.16. The van der Waals surface area contributed by atoms with Gasteiger partial charge in [-0.3, -0.25) is 4.79 Å². The summed E-state index contributed by atoms with van der Waals surface area (Å²) in [5, 5.41) is 0. The molecule has 1 fully saturated rings. The summed E-state index contributed by atoms with van der Waals surface area (Å²) in [6, 6.07) is 1.72. The van der Waals surface area contributed by atoms with Gasteiger partial charge in [0.2, 0.25) is 0 Å². The highest BCUT2D eigenvalue weighted by Gasteiger charge is 2.25. The van der Waals surface area contributed by atoms with Gasteiger partial charge in [-0.15, -0.1) is 0 Å². The van der Waals surface area contributed by atoms with Crippen molar-refractivity contribution in [1.82, 2.24) is 0 Å². The highest BCUT2D eigenvalue weighted by atomic mass is 127. The van der Waals surface area contributed by atoms with Crippen molar-refractivity contribution in [1.29, 1.82) is 0 Å². The van der Waals surface area contributed by atoms with E-state index in [1.54, 1.807) is 6.07 Å². The second-order valence-electron chi connectivity index (χ2n) is 4.41. The Hall–Kier alpha value is 0.450. The predicted molar refractivity (Wildman–Crippen MR) is 99.3 cm³/mol. The number of hydrogen-bond donors (Lipinski definition) is 0. The lowest BCUT2D eigenvalue weighted by atomic mass is 10.1. The Labute approximate surface area is 150 Å². The number of hydrogen-bond acceptors (Lipinski definition) is 6. The van der Waals surface area contributed by atoms with Crippen LogP contribution in [0.5, 0.6) is 17.2 Å². The molecule has 110 valence electrons. The van der Waals surface area contributed by atoms with Crippen molar-refractivity contribution in [3.8, 4) is 17.2 Å². The Morgan fingerprint density at radius 1 is 1.30 bits per heavy atom. The van der Waals surface area contributed by atoms with Crippen molar-refractivity contribution < 1.29 is 17.9 Å². The van der Waals surface area contributed by atoms with Crippen molar-refractivity contribution in [3.63, 3.8) is 0 Å². The molecule has 8 heteroatoms. The molecule has 1 aromatic carbocycles. The van der Waals surface area contributed by atoms with Crippen molar-refractivity contribution in [3.05, 3.63) is 17.2 Å². The fourth-order valence-electron chi connectivity index (χ4n) is 1.74. The van der Waals surface area contributed by atoms with Gasteiger partial charge in [-0.25, -0.2) is 0 Å². The average Bonchev–Trinajstić information content (AvgIpc) is 3.25. The number of carbonyl (C=O) groups excluding carboxylic acids is 1. The van der Waals surface area contributed by atoms with E-state index in [9.17, 15) is 4.79 Å². The molecule has 0 saturated heterocycles. The fourth-order valence-corrected chi connectivity index (χ4v) is 3.35. The van der Waals surface area contributed by atoms with E-state index in [-0.39, 0.29) is 0 Å². The number of ether oxygens (including phenoxy) is 1. The maximum atomic E-state index is 11.4. The van der Waals surface area contributed by atoms with Gasteiger partial charge in [-0.05, 0) is 25.7 Å². The molecule has 0 spiro atoms. The van der Waals surface area contributed by atoms with Crippen LogP contribution in [0.15, 0.2) is 6.07 Å². The van der Waals surface area contributed by atoms with E-state index in [0.29, 0.717) is 35.3 Å². The third kappa shape index (κ3) is 4.23. The number of rotatable bonds is 8. The van der Waals surface area contributed by atoms with Crippen LogP contribution in [-0.4, -0.2) is 12.9 Å². The maximum absolute atomic E-state index is 11.4. The van der Waals surface area contributed by atoms with Gasteiger partial charge in [0, 0.05) is 54.0 Å². The molecule has 0 heterocycles. The minimum atomic E-state index is 0.443. The first-order chi connectivity index (χ1) is 9.71. The number of carbonyl (C=O) groups is 1. The van der Waals surface area contributed by atoms with Gasteiger partial charge in [0.1, 0.15) is 35.5 Å². The second-order valence-corrected chi connectivity index (χ2v) is 7.15. The first-order valence-corrected chi connectivity index (χ1v) is 12.4. The SMILES string of the molecule is Cc1c(OSI)cc(OSI)c(C=O)c1OCC1CC1. The molecule has 2 rings (SSSR count). The van der Waals surface area contributed by atoms with Crippen molar-refractivity contribution in [2.24, 2.45) is 5.92 Å². The smallest absolute Gasteiger partial charge is 0.157 e. The Kier molecular flexibility index (Phi) is 6.88. The first-order valence-electron chi connectivity index (χ1n) is 5.87. The van der Waals surface area contributed by atoms with E-state index in [1.165, 1.54) is 22.1 Å². The molecule has 0 atom stereocenters. The molecule has 0 aromatic heterocycles. The van der Waals surface area contributed by atoms with Crippen LogP contribution in [0.25, 0.3) is 0 Å². The van der Waals surface area contributed by atoms with E-state index in [0.717, 1.165) is 21.1 Å². The molecule has 0 bridgehead atoms. The van der Waals surface area contributed by atoms with Crippen LogP contribution >= 0.6 is 60.8 Å². The van der Waals surface area contributed by atoms with Crippen LogP contribution < -0.4 is 13.1 Å². The standard InChI is InChI=1S/C12H12I2O4S2/c1-7-10(17-19-13)4-11(18-20-14)9(5-15)12(7)16-6-8-2-3-8/h4-5,8H,2-3,6H2,1H3. The third-order valence-electron chi connectivity index (χ3n) is 3.00. The number of aldehydes is 1. The minimum Gasteiger partial charge on any atom is -0.492 e. The topological polar surface area (TPSA) is 44.8 Å². The lowest BCUT2D eigenvalue weighted by Crippen LogP contribution is -2.05. The highest BCUT2D eigenvalue weighted by Crippen LogP contribution is 2.42. The summed E-state index contributed by atoms with van der Waals surface area (Å²) in [5.74, 6) is 2.30. The van der Waals surface area contributed by atoms with E-state index in [4.69, 9.17) is 13.1 Å². The molecule has 1 saturated carbocycles. The largest absolute Gasteiger partial charge is 0.492 e. The summed E-state index contributed by atoms with van der Waals surface area (Å²) in [7, 11) is 2.37. The van der Waals surface area contributed by atoms with Crippen molar-refractivity contribution in [2.45, 2.75) is 19.8 Å². The van der Waals surface area contributed by atoms with E-state index in [2.05, 4.69) is 0 Å². The molecular weight excluding hydrogens is 526 g/mol. The fraction of sp³-hybridized carbons (Fsp3) is 0.417. The number of halogens is 2. The van der Waals surface area contributed by atoms with Crippen LogP contribution in [0, 0.1) is 12.8 Å². The minimum absolute atomic E-state index is 0.443. The summed E-state index contributed by atoms with van der Waals surface area (Å²) in [5.41, 5.74) is 1.26. The van der Waals surface area contributed by atoms with Crippen molar-refractivity contribution in [2.75, 3.05) is 6.61 Å². The summed E-state index contributed by atoms with van der Waals surface area (Å²) in [4.78, 5) is 11.4. The third-order valence-corrected chi connectivity index (χ3v) is 4.57. The van der Waals surface area contributed by atoms with Gasteiger partial charge in [0.05, 0.1) is 6.61 Å². The Balaban J connectivity index is 2.37. The van der Waals surface area contributed by atoms with Crippen LogP contribution in [0.1, 0.15) is 28.8 Å². The average molecular weight is 538 g/mol. The summed E-state index contributed by atoms with van der Waals surface area (Å²) in [6.45, 7) is 2.53.